The van der Waals surface area contributed by atoms with Crippen LogP contribution in [-0.4, -0.2) is 96.6 Å². The van der Waals surface area contributed by atoms with Gasteiger partial charge in [0.05, 0.1) is 28.7 Å². The van der Waals surface area contributed by atoms with Gasteiger partial charge in [0.25, 0.3) is 0 Å². The molecule has 0 aliphatic carbocycles. The van der Waals surface area contributed by atoms with Crippen molar-refractivity contribution in [1.82, 2.24) is 0 Å². The Morgan fingerprint density at radius 3 is 1.11 bits per heavy atom. The van der Waals surface area contributed by atoms with Crippen LogP contribution in [-0.2, 0) is 0 Å². The predicted octanol–water partition coefficient (Wildman–Crippen LogP) is -3.00. The fourth-order valence-electron chi connectivity index (χ4n) is 2.43. The molecule has 0 aromatic heterocycles. The summed E-state index contributed by atoms with van der Waals surface area (Å²) in [5, 5.41) is 0. The fraction of sp³-hybridized carbons (Fsp3) is 1.00. The molecule has 1 saturated heterocycles. The van der Waals surface area contributed by atoms with E-state index in [2.05, 4.69) is 98.3 Å². The van der Waals surface area contributed by atoms with Crippen molar-refractivity contribution in [3.8, 4) is 0 Å². The van der Waals surface area contributed by atoms with Crippen LogP contribution in [0.3, 0.4) is 0 Å². The minimum atomic E-state index is 0.455. The maximum Gasteiger partial charge on any atom is 0.0502 e. The lowest BCUT2D eigenvalue weighted by atomic mass is 8.53. The first-order valence-electron chi connectivity index (χ1n) is 6.98. The first kappa shape index (κ1) is 17.0. The maximum absolute atomic E-state index is 2.42. The van der Waals surface area contributed by atoms with Gasteiger partial charge < -0.3 is 0 Å². The Labute approximate surface area is 124 Å². The van der Waals surface area contributed by atoms with Crippen LogP contribution in [0.2, 0.25) is 27.3 Å². The zero-order chi connectivity index (χ0) is 13.4. The summed E-state index contributed by atoms with van der Waals surface area (Å²) in [5.41, 5.74) is 0. The third-order valence-corrected chi connectivity index (χ3v) is 3.38. The van der Waals surface area contributed by atoms with Crippen molar-refractivity contribution >= 4 is 96.6 Å². The van der Waals surface area contributed by atoms with Crippen LogP contribution < -0.4 is 0 Å². The van der Waals surface area contributed by atoms with Crippen LogP contribution in [0.5, 0.6) is 0 Å². The molecule has 1 fully saturated rings. The van der Waals surface area contributed by atoms with Crippen LogP contribution in [0.15, 0.2) is 0 Å². The molecule has 0 spiro atoms. The van der Waals surface area contributed by atoms with E-state index < -0.39 is 0 Å². The van der Waals surface area contributed by atoms with Gasteiger partial charge in [-0.1, -0.05) is 0 Å². The van der Waals surface area contributed by atoms with E-state index in [1.54, 1.807) is 0 Å². The normalized spacial score (nSPS) is 14.9. The van der Waals surface area contributed by atoms with E-state index in [4.69, 9.17) is 0 Å². The molecular formula is C4H12B14. The Hall–Kier alpha value is 0.909. The number of hydrogen-bond donors (Lipinski definition) is 0. The van der Waals surface area contributed by atoms with Gasteiger partial charge in [-0.2, -0.15) is 0 Å². The summed E-state index contributed by atoms with van der Waals surface area (Å²) in [6.07, 6.45) is 1.85. The second-order valence-electron chi connectivity index (χ2n) is 4.80. The second kappa shape index (κ2) is 9.76. The van der Waals surface area contributed by atoms with Gasteiger partial charge >= 0.3 is 0 Å². The maximum atomic E-state index is 2.42. The molecule has 1 heterocycles. The highest BCUT2D eigenvalue weighted by Gasteiger charge is 2.31. The van der Waals surface area contributed by atoms with E-state index in [9.17, 15) is 0 Å². The molecule has 14 heteroatoms. The van der Waals surface area contributed by atoms with Crippen molar-refractivity contribution in [2.75, 3.05) is 0 Å². The van der Waals surface area contributed by atoms with Gasteiger partial charge in [0, 0.05) is 67.9 Å². The van der Waals surface area contributed by atoms with E-state index >= 15 is 0 Å². The van der Waals surface area contributed by atoms with Gasteiger partial charge in [-0.05, 0) is 0 Å². The second-order valence-corrected chi connectivity index (χ2v) is 4.80. The molecule has 1 rings (SSSR count). The van der Waals surface area contributed by atoms with Crippen molar-refractivity contribution in [3.63, 3.8) is 0 Å². The zero-order valence-electron chi connectivity index (χ0n) is 12.1. The van der Waals surface area contributed by atoms with E-state index in [-0.39, 0.29) is 0 Å². The molecule has 1 aliphatic rings. The topological polar surface area (TPSA) is 0 Å². The van der Waals surface area contributed by atoms with Crippen LogP contribution in [0, 0.1) is 0 Å². The molecule has 0 atom stereocenters. The summed E-state index contributed by atoms with van der Waals surface area (Å²) in [4.78, 5) is 0. The summed E-state index contributed by atoms with van der Waals surface area (Å²) < 4.78 is 0. The summed E-state index contributed by atoms with van der Waals surface area (Å²) in [6, 6.07) is 0. The van der Waals surface area contributed by atoms with Crippen molar-refractivity contribution < 1.29 is 0 Å². The van der Waals surface area contributed by atoms with Gasteiger partial charge in [-0.3, -0.25) is 0 Å². The standard InChI is InChI=1S/C4H12B14/c1-5-9-17-11-15(7-3)13-18(10-6-2)14-16(8-4)12-17/h1-4H3. The van der Waals surface area contributed by atoms with Gasteiger partial charge in [-0.25, -0.2) is 0 Å². The third-order valence-electron chi connectivity index (χ3n) is 3.38. The monoisotopic (exact) mass is 214 g/mol. The van der Waals surface area contributed by atoms with Gasteiger partial charge in [0.2, 0.25) is 0 Å². The van der Waals surface area contributed by atoms with Crippen molar-refractivity contribution in [2.45, 2.75) is 27.3 Å². The van der Waals surface area contributed by atoms with Crippen molar-refractivity contribution in [1.29, 1.82) is 0 Å². The SMILES string of the molecule is C[B][B]B1[B]B([B]C)[B]B([B][B]C)[B]B([B]C)[B]1. The average molecular weight is 212 g/mol. The van der Waals surface area contributed by atoms with Crippen LogP contribution in [0.4, 0.5) is 0 Å². The van der Waals surface area contributed by atoms with Crippen molar-refractivity contribution in [2.24, 2.45) is 0 Å². The fourth-order valence-corrected chi connectivity index (χ4v) is 2.43. The molecule has 0 unspecified atom stereocenters. The largest absolute Gasteiger partial charge is 0.101 e. The molecule has 10 radical (unpaired) electrons. The Bertz CT molecular complexity index is 176. The lowest BCUT2D eigenvalue weighted by molar-refractivity contribution is 2.36. The smallest absolute Gasteiger partial charge is 0.0502 e. The van der Waals surface area contributed by atoms with Gasteiger partial charge in [0.15, 0.2) is 0 Å². The quantitative estimate of drug-likeness (QED) is 0.411. The van der Waals surface area contributed by atoms with Crippen molar-refractivity contribution in [3.05, 3.63) is 0 Å². The van der Waals surface area contributed by atoms with E-state index in [0.717, 1.165) is 0 Å². The lowest BCUT2D eigenvalue weighted by Gasteiger charge is -2.29. The van der Waals surface area contributed by atoms with Crippen LogP contribution in [0.1, 0.15) is 0 Å². The minimum absolute atomic E-state index is 0.455. The molecule has 0 N–H and O–H groups in total. The Morgan fingerprint density at radius 2 is 0.889 bits per heavy atom. The molecule has 0 aromatic rings. The molecule has 1 aliphatic heterocycles. The Morgan fingerprint density at radius 1 is 0.556 bits per heavy atom. The van der Waals surface area contributed by atoms with Crippen LogP contribution in [0.25, 0.3) is 0 Å². The lowest BCUT2D eigenvalue weighted by Crippen LogP contribution is -2.67. The third kappa shape index (κ3) is 5.91. The highest BCUT2D eigenvalue weighted by Crippen LogP contribution is 1.94. The highest BCUT2D eigenvalue weighted by molar-refractivity contribution is 8.04. The first-order chi connectivity index (χ1) is 8.73. The molecule has 0 amide bonds. The molecule has 0 bridgehead atoms. The molecule has 0 nitrogen and oxygen atoms in total. The average Bonchev–Trinajstić information content (AvgIpc) is 2.34. The molecule has 0 saturated carbocycles. The van der Waals surface area contributed by atoms with Gasteiger partial charge in [0.1, 0.15) is 0 Å². The first-order valence-corrected chi connectivity index (χ1v) is 6.98. The highest BCUT2D eigenvalue weighted by atomic mass is 13.2. The summed E-state index contributed by atoms with van der Waals surface area (Å²) >= 11 is 0. The zero-order valence-corrected chi connectivity index (χ0v) is 12.1. The summed E-state index contributed by atoms with van der Waals surface area (Å²) in [5.74, 6) is 0. The van der Waals surface area contributed by atoms with E-state index in [1.807, 2.05) is 0 Å². The van der Waals surface area contributed by atoms with Gasteiger partial charge in [-0.15, -0.1) is 27.3 Å². The summed E-state index contributed by atoms with van der Waals surface area (Å²) in [6.45, 7) is 8.46. The predicted molar refractivity (Wildman–Crippen MR) is 104 cm³/mol. The molecular weight excluding hydrogens is 199 g/mol. The number of hydrogen-bond acceptors (Lipinski definition) is 0. The number of rotatable bonds is 6. The Kier molecular flexibility index (Phi) is 9.19. The minimum Gasteiger partial charge on any atom is -0.101 e. The van der Waals surface area contributed by atoms with E-state index in [0.29, 0.717) is 25.5 Å². The molecule has 70 valence electrons. The summed E-state index contributed by atoms with van der Waals surface area (Å²) in [7, 11) is 23.0. The Balaban J connectivity index is 2.62. The molecule has 0 aromatic carbocycles. The van der Waals surface area contributed by atoms with E-state index in [1.165, 1.54) is 0 Å². The molecule has 18 heavy (non-hydrogen) atoms. The van der Waals surface area contributed by atoms with Crippen LogP contribution >= 0.6 is 0 Å².